The number of amides is 2. The quantitative estimate of drug-likeness (QED) is 0.676. The van der Waals surface area contributed by atoms with Gasteiger partial charge in [0, 0.05) is 18.9 Å². The van der Waals surface area contributed by atoms with Gasteiger partial charge in [0.1, 0.15) is 5.82 Å². The molecule has 2 rings (SSSR count). The second-order valence-corrected chi connectivity index (χ2v) is 8.80. The second-order valence-electron chi connectivity index (χ2n) is 6.86. The Morgan fingerprint density at radius 3 is 2.57 bits per heavy atom. The minimum Gasteiger partial charge on any atom is -0.369 e. The van der Waals surface area contributed by atoms with E-state index in [1.165, 1.54) is 0 Å². The van der Waals surface area contributed by atoms with Gasteiger partial charge in [0.05, 0.1) is 17.5 Å². The molecule has 1 aromatic carbocycles. The average molecular weight is 413 g/mol. The summed E-state index contributed by atoms with van der Waals surface area (Å²) in [5.74, 6) is -2.31. The minimum atomic E-state index is -3.94. The van der Waals surface area contributed by atoms with Crippen LogP contribution >= 0.6 is 0 Å². The van der Waals surface area contributed by atoms with Gasteiger partial charge in [0.25, 0.3) is 0 Å². The number of benzene rings is 1. The highest BCUT2D eigenvalue weighted by molar-refractivity contribution is 7.89. The first-order chi connectivity index (χ1) is 13.1. The van der Waals surface area contributed by atoms with E-state index in [-0.39, 0.29) is 36.7 Å². The largest absolute Gasteiger partial charge is 0.369 e. The number of hydrogen-bond donors (Lipinski definition) is 2. The molecule has 1 unspecified atom stereocenters. The molecule has 154 valence electrons. The molecule has 2 atom stereocenters. The Morgan fingerprint density at radius 1 is 1.32 bits per heavy atom. The molecular formula is C18H24FN3O5S. The number of carbonyl (C=O) groups is 3. The van der Waals surface area contributed by atoms with Gasteiger partial charge in [-0.1, -0.05) is 6.92 Å². The van der Waals surface area contributed by atoms with Crippen LogP contribution in [0.5, 0.6) is 0 Å². The standard InChI is InChI=1S/C18H24FN3O5S/c1-12(18(20)25)4-9-17(24)21-15-3-2-10-22(11-16(15)23)28(26,27)14-7-5-13(19)6-8-14/h5-8,12,15H,2-4,9-11H2,1H3,(H2,20,25)(H,21,24)/t12?,15-/m0/s1. The topological polar surface area (TPSA) is 127 Å². The lowest BCUT2D eigenvalue weighted by Gasteiger charge is -2.20. The zero-order valence-corrected chi connectivity index (χ0v) is 16.4. The van der Waals surface area contributed by atoms with Gasteiger partial charge < -0.3 is 11.1 Å². The van der Waals surface area contributed by atoms with Crippen molar-refractivity contribution in [2.24, 2.45) is 11.7 Å². The summed E-state index contributed by atoms with van der Waals surface area (Å²) in [7, 11) is -3.94. The number of sulfonamides is 1. The van der Waals surface area contributed by atoms with Crippen LogP contribution in [0.1, 0.15) is 32.6 Å². The zero-order chi connectivity index (χ0) is 20.9. The monoisotopic (exact) mass is 413 g/mol. The summed E-state index contributed by atoms with van der Waals surface area (Å²) in [6.07, 6.45) is 1.01. The smallest absolute Gasteiger partial charge is 0.243 e. The van der Waals surface area contributed by atoms with Gasteiger partial charge in [0.2, 0.25) is 21.8 Å². The molecule has 0 aliphatic carbocycles. The van der Waals surface area contributed by atoms with E-state index in [1.54, 1.807) is 6.92 Å². The van der Waals surface area contributed by atoms with Gasteiger partial charge in [-0.25, -0.2) is 12.8 Å². The highest BCUT2D eigenvalue weighted by Gasteiger charge is 2.32. The van der Waals surface area contributed by atoms with Gasteiger partial charge >= 0.3 is 0 Å². The molecule has 1 saturated heterocycles. The van der Waals surface area contributed by atoms with Crippen molar-refractivity contribution in [3.05, 3.63) is 30.1 Å². The number of Topliss-reactive ketones (excluding diaryl/α,β-unsaturated/α-hetero) is 1. The fourth-order valence-electron chi connectivity index (χ4n) is 2.87. The van der Waals surface area contributed by atoms with Gasteiger partial charge in [-0.05, 0) is 43.5 Å². The average Bonchev–Trinajstić information content (AvgIpc) is 2.82. The third-order valence-electron chi connectivity index (χ3n) is 4.70. The summed E-state index contributed by atoms with van der Waals surface area (Å²) in [5.41, 5.74) is 5.15. The lowest BCUT2D eigenvalue weighted by atomic mass is 10.0. The molecular weight excluding hydrogens is 389 g/mol. The molecule has 0 saturated carbocycles. The van der Waals surface area contributed by atoms with Crippen molar-refractivity contribution < 1.29 is 27.2 Å². The summed E-state index contributed by atoms with van der Waals surface area (Å²) in [6.45, 7) is 1.36. The number of rotatable bonds is 7. The minimum absolute atomic E-state index is 0.0471. The first kappa shape index (κ1) is 22.0. The zero-order valence-electron chi connectivity index (χ0n) is 15.6. The van der Waals surface area contributed by atoms with E-state index < -0.39 is 39.5 Å². The van der Waals surface area contributed by atoms with Crippen molar-refractivity contribution in [1.29, 1.82) is 0 Å². The van der Waals surface area contributed by atoms with E-state index >= 15 is 0 Å². The fraction of sp³-hybridized carbons (Fsp3) is 0.500. The van der Waals surface area contributed by atoms with Gasteiger partial charge in [0.15, 0.2) is 5.78 Å². The Hall–Kier alpha value is -2.33. The molecule has 10 heteroatoms. The lowest BCUT2D eigenvalue weighted by molar-refractivity contribution is -0.128. The number of nitrogens with one attached hydrogen (secondary N) is 1. The summed E-state index contributed by atoms with van der Waals surface area (Å²) in [6, 6.07) is 3.61. The van der Waals surface area contributed by atoms with Crippen LogP contribution in [0.15, 0.2) is 29.2 Å². The molecule has 8 nitrogen and oxygen atoms in total. The van der Waals surface area contributed by atoms with Crippen molar-refractivity contribution in [3.63, 3.8) is 0 Å². The van der Waals surface area contributed by atoms with Crippen molar-refractivity contribution in [3.8, 4) is 0 Å². The molecule has 1 fully saturated rings. The SMILES string of the molecule is CC(CCC(=O)N[C@H]1CCCN(S(=O)(=O)c2ccc(F)cc2)CC1=O)C(N)=O. The summed E-state index contributed by atoms with van der Waals surface area (Å²) >= 11 is 0. The molecule has 1 heterocycles. The number of primary amides is 1. The first-order valence-electron chi connectivity index (χ1n) is 8.98. The number of hydrogen-bond acceptors (Lipinski definition) is 5. The number of nitrogens with zero attached hydrogens (tertiary/aromatic N) is 1. The van der Waals surface area contributed by atoms with E-state index in [0.717, 1.165) is 28.6 Å². The maximum absolute atomic E-state index is 13.0. The van der Waals surface area contributed by atoms with Crippen LogP contribution in [0.2, 0.25) is 0 Å². The summed E-state index contributed by atoms with van der Waals surface area (Å²) < 4.78 is 39.5. The maximum atomic E-state index is 13.0. The maximum Gasteiger partial charge on any atom is 0.243 e. The Morgan fingerprint density at radius 2 is 1.96 bits per heavy atom. The third-order valence-corrected chi connectivity index (χ3v) is 6.56. The molecule has 1 aliphatic heterocycles. The Balaban J connectivity index is 2.00. The predicted octanol–water partition coefficient (Wildman–Crippen LogP) is 0.566. The van der Waals surface area contributed by atoms with Crippen molar-refractivity contribution in [1.82, 2.24) is 9.62 Å². The highest BCUT2D eigenvalue weighted by atomic mass is 32.2. The van der Waals surface area contributed by atoms with E-state index in [4.69, 9.17) is 5.73 Å². The van der Waals surface area contributed by atoms with E-state index in [1.807, 2.05) is 0 Å². The number of nitrogens with two attached hydrogens (primary N) is 1. The van der Waals surface area contributed by atoms with Gasteiger partial charge in [-0.2, -0.15) is 4.31 Å². The van der Waals surface area contributed by atoms with E-state index in [9.17, 15) is 27.2 Å². The van der Waals surface area contributed by atoms with Crippen LogP contribution in [0, 0.1) is 11.7 Å². The molecule has 0 aromatic heterocycles. The van der Waals surface area contributed by atoms with E-state index in [2.05, 4.69) is 5.32 Å². The molecule has 3 N–H and O–H groups in total. The Bertz CT molecular complexity index is 841. The summed E-state index contributed by atoms with van der Waals surface area (Å²) in [5, 5.41) is 2.61. The highest BCUT2D eigenvalue weighted by Crippen LogP contribution is 2.20. The van der Waals surface area contributed by atoms with Crippen LogP contribution in [-0.2, 0) is 24.4 Å². The van der Waals surface area contributed by atoms with Crippen LogP contribution in [-0.4, -0.2) is 49.5 Å². The fourth-order valence-corrected chi connectivity index (χ4v) is 4.31. The Labute approximate surface area is 163 Å². The van der Waals surface area contributed by atoms with Crippen LogP contribution < -0.4 is 11.1 Å². The Kier molecular flexibility index (Phi) is 7.25. The van der Waals surface area contributed by atoms with Gasteiger partial charge in [-0.15, -0.1) is 0 Å². The van der Waals surface area contributed by atoms with Crippen LogP contribution in [0.3, 0.4) is 0 Å². The second kappa shape index (κ2) is 9.24. The number of halogens is 1. The van der Waals surface area contributed by atoms with Crippen molar-refractivity contribution >= 4 is 27.6 Å². The normalized spacial score (nSPS) is 19.6. The molecule has 1 aromatic rings. The van der Waals surface area contributed by atoms with Crippen LogP contribution in [0.25, 0.3) is 0 Å². The molecule has 2 amide bonds. The van der Waals surface area contributed by atoms with Crippen LogP contribution in [0.4, 0.5) is 4.39 Å². The molecule has 0 spiro atoms. The third kappa shape index (κ3) is 5.59. The first-order valence-corrected chi connectivity index (χ1v) is 10.4. The number of ketones is 1. The van der Waals surface area contributed by atoms with Crippen molar-refractivity contribution in [2.75, 3.05) is 13.1 Å². The number of carbonyl (C=O) groups excluding carboxylic acids is 3. The molecule has 0 bridgehead atoms. The van der Waals surface area contributed by atoms with E-state index in [0.29, 0.717) is 12.8 Å². The molecule has 28 heavy (non-hydrogen) atoms. The molecule has 0 radical (unpaired) electrons. The molecule has 1 aliphatic rings. The predicted molar refractivity (Wildman–Crippen MR) is 98.9 cm³/mol. The van der Waals surface area contributed by atoms with Gasteiger partial charge in [-0.3, -0.25) is 14.4 Å². The summed E-state index contributed by atoms with van der Waals surface area (Å²) in [4.78, 5) is 35.5. The lowest BCUT2D eigenvalue weighted by Crippen LogP contribution is -2.44. The van der Waals surface area contributed by atoms with Crippen molar-refractivity contribution in [2.45, 2.75) is 43.5 Å².